The summed E-state index contributed by atoms with van der Waals surface area (Å²) in [5, 5.41) is 6.29. The number of rotatable bonds is 6. The second kappa shape index (κ2) is 7.74. The number of amides is 1. The number of hydrogen-bond acceptors (Lipinski definition) is 2. The van der Waals surface area contributed by atoms with Crippen LogP contribution in [0, 0.1) is 9.49 Å². The van der Waals surface area contributed by atoms with Gasteiger partial charge in [0, 0.05) is 28.6 Å². The highest BCUT2D eigenvalue weighted by molar-refractivity contribution is 14.1. The highest BCUT2D eigenvalue weighted by Gasteiger charge is 2.06. The van der Waals surface area contributed by atoms with Crippen LogP contribution in [0.15, 0.2) is 24.3 Å². The average molecular weight is 360 g/mol. The maximum atomic E-state index is 11.4. The van der Waals surface area contributed by atoms with Crippen molar-refractivity contribution in [2.24, 2.45) is 5.92 Å². The van der Waals surface area contributed by atoms with Gasteiger partial charge in [-0.15, -0.1) is 0 Å². The van der Waals surface area contributed by atoms with Crippen molar-refractivity contribution in [3.63, 3.8) is 0 Å². The van der Waals surface area contributed by atoms with E-state index in [1.165, 1.54) is 9.13 Å². The van der Waals surface area contributed by atoms with Crippen LogP contribution in [0.2, 0.25) is 0 Å². The molecule has 0 fully saturated rings. The third kappa shape index (κ3) is 5.35. The van der Waals surface area contributed by atoms with Gasteiger partial charge >= 0.3 is 0 Å². The smallest absolute Gasteiger partial charge is 0.222 e. The van der Waals surface area contributed by atoms with Crippen LogP contribution < -0.4 is 10.6 Å². The molecule has 2 N–H and O–H groups in total. The maximum absolute atomic E-state index is 11.4. The van der Waals surface area contributed by atoms with Gasteiger partial charge in [0.2, 0.25) is 5.91 Å². The van der Waals surface area contributed by atoms with Gasteiger partial charge < -0.3 is 10.6 Å². The van der Waals surface area contributed by atoms with Crippen LogP contribution in [-0.4, -0.2) is 19.0 Å². The van der Waals surface area contributed by atoms with Gasteiger partial charge in [-0.1, -0.05) is 26.0 Å². The van der Waals surface area contributed by atoms with Crippen molar-refractivity contribution in [2.45, 2.75) is 26.8 Å². The molecule has 1 amide bonds. The monoisotopic (exact) mass is 360 g/mol. The lowest BCUT2D eigenvalue weighted by Crippen LogP contribution is -2.35. The molecule has 0 saturated heterocycles. The van der Waals surface area contributed by atoms with E-state index in [1.54, 1.807) is 0 Å². The number of carbonyl (C=O) groups is 1. The molecular formula is C14H21IN2O. The molecule has 18 heavy (non-hydrogen) atoms. The Kier molecular flexibility index (Phi) is 6.63. The predicted molar refractivity (Wildman–Crippen MR) is 83.4 cm³/mol. The topological polar surface area (TPSA) is 41.1 Å². The molecule has 1 aromatic rings. The van der Waals surface area contributed by atoms with E-state index < -0.39 is 0 Å². The Balaban J connectivity index is 2.27. The first-order valence-electron chi connectivity index (χ1n) is 6.27. The summed E-state index contributed by atoms with van der Waals surface area (Å²) in [7, 11) is 0. The minimum atomic E-state index is 0.0543. The van der Waals surface area contributed by atoms with Gasteiger partial charge in [0.15, 0.2) is 0 Å². The van der Waals surface area contributed by atoms with E-state index >= 15 is 0 Å². The predicted octanol–water partition coefficient (Wildman–Crippen LogP) is 2.71. The number of nitrogens with one attached hydrogen (secondary N) is 2. The molecule has 0 heterocycles. The standard InChI is InChI=1S/C14H21IN2O/c1-10(2)14(18)17-9-8-16-11(3)12-4-6-13(15)7-5-12/h4-7,10-11,16H,8-9H2,1-3H3,(H,17,18). The van der Waals surface area contributed by atoms with Crippen molar-refractivity contribution >= 4 is 28.5 Å². The van der Waals surface area contributed by atoms with Crippen LogP contribution in [0.3, 0.4) is 0 Å². The van der Waals surface area contributed by atoms with E-state index in [9.17, 15) is 4.79 Å². The Morgan fingerprint density at radius 1 is 1.17 bits per heavy atom. The average Bonchev–Trinajstić information content (AvgIpc) is 2.34. The van der Waals surface area contributed by atoms with Crippen molar-refractivity contribution < 1.29 is 4.79 Å². The van der Waals surface area contributed by atoms with Crippen LogP contribution in [-0.2, 0) is 4.79 Å². The molecular weight excluding hydrogens is 339 g/mol. The minimum Gasteiger partial charge on any atom is -0.355 e. The van der Waals surface area contributed by atoms with E-state index in [1.807, 2.05) is 13.8 Å². The zero-order valence-electron chi connectivity index (χ0n) is 11.2. The molecule has 3 nitrogen and oxygen atoms in total. The zero-order chi connectivity index (χ0) is 13.5. The lowest BCUT2D eigenvalue weighted by atomic mass is 10.1. The molecule has 1 atom stereocenters. The molecule has 1 aromatic carbocycles. The summed E-state index contributed by atoms with van der Waals surface area (Å²) in [4.78, 5) is 11.4. The first-order valence-corrected chi connectivity index (χ1v) is 7.35. The van der Waals surface area contributed by atoms with Gasteiger partial charge in [-0.3, -0.25) is 4.79 Å². The Hall–Kier alpha value is -0.620. The van der Waals surface area contributed by atoms with Gasteiger partial charge in [0.25, 0.3) is 0 Å². The molecule has 1 unspecified atom stereocenters. The summed E-state index contributed by atoms with van der Waals surface area (Å²) < 4.78 is 1.24. The van der Waals surface area contributed by atoms with Gasteiger partial charge in [-0.2, -0.15) is 0 Å². The van der Waals surface area contributed by atoms with Gasteiger partial charge in [-0.25, -0.2) is 0 Å². The molecule has 100 valence electrons. The molecule has 0 radical (unpaired) electrons. The summed E-state index contributed by atoms with van der Waals surface area (Å²) in [5.41, 5.74) is 1.27. The number of benzene rings is 1. The van der Waals surface area contributed by atoms with E-state index in [2.05, 4.69) is 64.4 Å². The lowest BCUT2D eigenvalue weighted by molar-refractivity contribution is -0.123. The zero-order valence-corrected chi connectivity index (χ0v) is 13.3. The van der Waals surface area contributed by atoms with Crippen LogP contribution in [0.25, 0.3) is 0 Å². The summed E-state index contributed by atoms with van der Waals surface area (Å²) in [6.45, 7) is 7.39. The molecule has 0 spiro atoms. The molecule has 0 bridgehead atoms. The number of halogens is 1. The number of hydrogen-bond donors (Lipinski definition) is 2. The van der Waals surface area contributed by atoms with Crippen molar-refractivity contribution in [2.75, 3.05) is 13.1 Å². The van der Waals surface area contributed by atoms with E-state index in [4.69, 9.17) is 0 Å². The minimum absolute atomic E-state index is 0.0543. The molecule has 0 aliphatic carbocycles. The number of carbonyl (C=O) groups excluding carboxylic acids is 1. The molecule has 0 aliphatic heterocycles. The molecule has 4 heteroatoms. The van der Waals surface area contributed by atoms with Crippen LogP contribution in [0.1, 0.15) is 32.4 Å². The fraction of sp³-hybridized carbons (Fsp3) is 0.500. The lowest BCUT2D eigenvalue weighted by Gasteiger charge is -2.15. The Labute approximate surface area is 123 Å². The molecule has 1 rings (SSSR count). The maximum Gasteiger partial charge on any atom is 0.222 e. The molecule has 0 aliphatic rings. The second-order valence-corrected chi connectivity index (χ2v) is 5.92. The summed E-state index contributed by atoms with van der Waals surface area (Å²) in [6.07, 6.45) is 0. The normalized spacial score (nSPS) is 12.5. The summed E-state index contributed by atoms with van der Waals surface area (Å²) in [6, 6.07) is 8.78. The van der Waals surface area contributed by atoms with Gasteiger partial charge in [-0.05, 0) is 47.2 Å². The van der Waals surface area contributed by atoms with Gasteiger partial charge in [0.1, 0.15) is 0 Å². The van der Waals surface area contributed by atoms with Crippen LogP contribution in [0.5, 0.6) is 0 Å². The third-order valence-electron chi connectivity index (χ3n) is 2.77. The first-order chi connectivity index (χ1) is 8.50. The Morgan fingerprint density at radius 2 is 1.78 bits per heavy atom. The fourth-order valence-corrected chi connectivity index (χ4v) is 1.91. The molecule has 0 aromatic heterocycles. The Morgan fingerprint density at radius 3 is 2.33 bits per heavy atom. The highest BCUT2D eigenvalue weighted by atomic mass is 127. The van der Waals surface area contributed by atoms with Crippen molar-refractivity contribution in [1.82, 2.24) is 10.6 Å². The summed E-state index contributed by atoms with van der Waals surface area (Å²) in [5.74, 6) is 0.164. The summed E-state index contributed by atoms with van der Waals surface area (Å²) >= 11 is 2.30. The molecule has 0 saturated carbocycles. The largest absolute Gasteiger partial charge is 0.355 e. The van der Waals surface area contributed by atoms with E-state index in [0.29, 0.717) is 12.6 Å². The first kappa shape index (κ1) is 15.4. The highest BCUT2D eigenvalue weighted by Crippen LogP contribution is 2.13. The van der Waals surface area contributed by atoms with E-state index in [0.717, 1.165) is 6.54 Å². The van der Waals surface area contributed by atoms with E-state index in [-0.39, 0.29) is 11.8 Å². The quantitative estimate of drug-likeness (QED) is 0.605. The van der Waals surface area contributed by atoms with Crippen LogP contribution in [0.4, 0.5) is 0 Å². The second-order valence-electron chi connectivity index (χ2n) is 4.67. The van der Waals surface area contributed by atoms with Crippen molar-refractivity contribution in [3.8, 4) is 0 Å². The fourth-order valence-electron chi connectivity index (χ4n) is 1.55. The van der Waals surface area contributed by atoms with Crippen LogP contribution >= 0.6 is 22.6 Å². The third-order valence-corrected chi connectivity index (χ3v) is 3.49. The van der Waals surface area contributed by atoms with Gasteiger partial charge in [0.05, 0.1) is 0 Å². The SMILES string of the molecule is CC(C)C(=O)NCCNC(C)c1ccc(I)cc1. The van der Waals surface area contributed by atoms with Crippen molar-refractivity contribution in [1.29, 1.82) is 0 Å². The van der Waals surface area contributed by atoms with Crippen molar-refractivity contribution in [3.05, 3.63) is 33.4 Å². The Bertz CT molecular complexity index is 376.